The second kappa shape index (κ2) is 4.79. The van der Waals surface area contributed by atoms with E-state index in [-0.39, 0.29) is 22.7 Å². The van der Waals surface area contributed by atoms with Gasteiger partial charge in [0, 0.05) is 5.41 Å². The van der Waals surface area contributed by atoms with Crippen LogP contribution in [0.25, 0.3) is 0 Å². The highest BCUT2D eigenvalue weighted by atomic mass is 32.1. The smallest absolute Gasteiger partial charge is 0.404 e. The van der Waals surface area contributed by atoms with E-state index in [2.05, 4.69) is 0 Å². The standard InChI is InChI=1S/C10H16N2O4S/c1-10(2,3)6(16-8(11)14)4-12-7(13)5-17-9(12)15/h5-6,13H,4H2,1-3H3,(H2,11,14). The zero-order valence-corrected chi connectivity index (χ0v) is 10.8. The van der Waals surface area contributed by atoms with Crippen LogP contribution in [0.1, 0.15) is 20.8 Å². The Morgan fingerprint density at radius 2 is 2.24 bits per heavy atom. The van der Waals surface area contributed by atoms with Gasteiger partial charge in [0.05, 0.1) is 11.9 Å². The van der Waals surface area contributed by atoms with Crippen LogP contribution in [0.15, 0.2) is 10.2 Å². The Morgan fingerprint density at radius 3 is 2.59 bits per heavy atom. The summed E-state index contributed by atoms with van der Waals surface area (Å²) in [5.41, 5.74) is 4.60. The first kappa shape index (κ1) is 13.6. The minimum Gasteiger partial charge on any atom is -0.494 e. The summed E-state index contributed by atoms with van der Waals surface area (Å²) < 4.78 is 6.13. The number of amides is 1. The maximum Gasteiger partial charge on any atom is 0.404 e. The number of hydrogen-bond acceptors (Lipinski definition) is 5. The number of aromatic hydroxyl groups is 1. The molecule has 0 aliphatic rings. The molecule has 0 spiro atoms. The van der Waals surface area contributed by atoms with Crippen molar-refractivity contribution >= 4 is 17.4 Å². The fourth-order valence-corrected chi connectivity index (χ4v) is 1.91. The van der Waals surface area contributed by atoms with Crippen molar-refractivity contribution in [2.75, 3.05) is 0 Å². The van der Waals surface area contributed by atoms with Crippen LogP contribution in [0.5, 0.6) is 5.88 Å². The van der Waals surface area contributed by atoms with Gasteiger partial charge in [-0.25, -0.2) is 4.79 Å². The van der Waals surface area contributed by atoms with Crippen molar-refractivity contribution in [1.82, 2.24) is 4.57 Å². The van der Waals surface area contributed by atoms with Gasteiger partial charge in [0.1, 0.15) is 6.10 Å². The molecule has 0 saturated carbocycles. The quantitative estimate of drug-likeness (QED) is 0.851. The molecule has 1 rings (SSSR count). The van der Waals surface area contributed by atoms with Crippen LogP contribution in [-0.4, -0.2) is 21.9 Å². The minimum atomic E-state index is -0.896. The number of nitrogens with two attached hydrogens (primary N) is 1. The highest BCUT2D eigenvalue weighted by Gasteiger charge is 2.29. The zero-order chi connectivity index (χ0) is 13.2. The largest absolute Gasteiger partial charge is 0.494 e. The van der Waals surface area contributed by atoms with Crippen molar-refractivity contribution < 1.29 is 14.6 Å². The van der Waals surface area contributed by atoms with Crippen molar-refractivity contribution in [1.29, 1.82) is 0 Å². The van der Waals surface area contributed by atoms with E-state index in [1.165, 1.54) is 5.38 Å². The fraction of sp³-hybridized carbons (Fsp3) is 0.600. The molecule has 17 heavy (non-hydrogen) atoms. The molecule has 1 aromatic rings. The zero-order valence-electron chi connectivity index (χ0n) is 9.97. The van der Waals surface area contributed by atoms with Crippen molar-refractivity contribution in [3.8, 4) is 5.88 Å². The van der Waals surface area contributed by atoms with Crippen LogP contribution in [0.4, 0.5) is 4.79 Å². The van der Waals surface area contributed by atoms with Gasteiger partial charge in [-0.3, -0.25) is 9.36 Å². The second-order valence-corrected chi connectivity index (χ2v) is 5.58. The summed E-state index contributed by atoms with van der Waals surface area (Å²) >= 11 is 0.888. The SMILES string of the molecule is CC(C)(C)C(Cn1c(O)csc1=O)OC(N)=O. The van der Waals surface area contributed by atoms with Crippen molar-refractivity contribution in [2.45, 2.75) is 33.4 Å². The molecule has 1 aromatic heterocycles. The van der Waals surface area contributed by atoms with Crippen LogP contribution in [-0.2, 0) is 11.3 Å². The summed E-state index contributed by atoms with van der Waals surface area (Å²) in [5.74, 6) is -0.137. The first-order valence-corrected chi connectivity index (χ1v) is 5.93. The lowest BCUT2D eigenvalue weighted by Gasteiger charge is -2.29. The maximum absolute atomic E-state index is 11.4. The van der Waals surface area contributed by atoms with E-state index in [0.29, 0.717) is 0 Å². The van der Waals surface area contributed by atoms with Crippen LogP contribution in [0.3, 0.4) is 0 Å². The Hall–Kier alpha value is -1.50. The molecule has 0 aromatic carbocycles. The third kappa shape index (κ3) is 3.48. The molecule has 0 radical (unpaired) electrons. The number of carbonyl (C=O) groups excluding carboxylic acids is 1. The first-order valence-electron chi connectivity index (χ1n) is 5.05. The monoisotopic (exact) mass is 260 g/mol. The van der Waals surface area contributed by atoms with Crippen LogP contribution in [0, 0.1) is 5.41 Å². The predicted octanol–water partition coefficient (Wildman–Crippen LogP) is 1.13. The molecule has 1 heterocycles. The summed E-state index contributed by atoms with van der Waals surface area (Å²) in [6, 6.07) is 0. The topological polar surface area (TPSA) is 94.6 Å². The molecular weight excluding hydrogens is 244 g/mol. The molecular formula is C10H16N2O4S. The molecule has 1 atom stereocenters. The maximum atomic E-state index is 11.4. The van der Waals surface area contributed by atoms with Gasteiger partial charge in [-0.05, 0) is 0 Å². The molecule has 7 heteroatoms. The van der Waals surface area contributed by atoms with Gasteiger partial charge in [-0.1, -0.05) is 32.1 Å². The predicted molar refractivity (Wildman–Crippen MR) is 64.2 cm³/mol. The molecule has 1 amide bonds. The average molecular weight is 260 g/mol. The Bertz CT molecular complexity index is 458. The highest BCUT2D eigenvalue weighted by Crippen LogP contribution is 2.25. The van der Waals surface area contributed by atoms with E-state index in [9.17, 15) is 14.7 Å². The van der Waals surface area contributed by atoms with E-state index in [0.717, 1.165) is 15.9 Å². The highest BCUT2D eigenvalue weighted by molar-refractivity contribution is 7.07. The fourth-order valence-electron chi connectivity index (χ4n) is 1.29. The third-order valence-electron chi connectivity index (χ3n) is 2.33. The van der Waals surface area contributed by atoms with Crippen molar-refractivity contribution in [3.05, 3.63) is 15.0 Å². The molecule has 0 saturated heterocycles. The third-order valence-corrected chi connectivity index (χ3v) is 3.09. The van der Waals surface area contributed by atoms with Crippen molar-refractivity contribution in [3.63, 3.8) is 0 Å². The molecule has 0 bridgehead atoms. The number of ether oxygens (including phenoxy) is 1. The van der Waals surface area contributed by atoms with Crippen molar-refractivity contribution in [2.24, 2.45) is 11.1 Å². The van der Waals surface area contributed by atoms with E-state index in [1.54, 1.807) is 0 Å². The van der Waals surface area contributed by atoms with E-state index >= 15 is 0 Å². The number of rotatable bonds is 3. The van der Waals surface area contributed by atoms with Gasteiger partial charge >= 0.3 is 11.0 Å². The molecule has 0 aliphatic heterocycles. The first-order chi connectivity index (χ1) is 7.71. The second-order valence-electron chi connectivity index (χ2n) is 4.76. The number of nitrogens with zero attached hydrogens (tertiary/aromatic N) is 1. The van der Waals surface area contributed by atoms with Crippen LogP contribution < -0.4 is 10.6 Å². The molecule has 96 valence electrons. The normalized spacial score (nSPS) is 13.4. The Labute approximate surface area is 103 Å². The van der Waals surface area contributed by atoms with E-state index in [1.807, 2.05) is 20.8 Å². The Kier molecular flexibility index (Phi) is 3.82. The van der Waals surface area contributed by atoms with E-state index < -0.39 is 12.2 Å². The Morgan fingerprint density at radius 1 is 1.65 bits per heavy atom. The summed E-state index contributed by atoms with van der Waals surface area (Å²) in [5, 5.41) is 10.8. The average Bonchev–Trinajstić information content (AvgIpc) is 2.46. The van der Waals surface area contributed by atoms with Gasteiger partial charge in [0.15, 0.2) is 0 Å². The van der Waals surface area contributed by atoms with Gasteiger partial charge in [0.2, 0.25) is 5.88 Å². The number of primary amides is 1. The van der Waals surface area contributed by atoms with Gasteiger partial charge in [-0.2, -0.15) is 0 Å². The van der Waals surface area contributed by atoms with E-state index in [4.69, 9.17) is 10.5 Å². The number of carbonyl (C=O) groups is 1. The molecule has 0 aliphatic carbocycles. The lowest BCUT2D eigenvalue weighted by molar-refractivity contribution is 0.0240. The van der Waals surface area contributed by atoms with Gasteiger partial charge in [-0.15, -0.1) is 0 Å². The molecule has 1 unspecified atom stereocenters. The Balaban J connectivity index is 2.95. The number of thiazole rings is 1. The summed E-state index contributed by atoms with van der Waals surface area (Å²) in [7, 11) is 0. The summed E-state index contributed by atoms with van der Waals surface area (Å²) in [6.45, 7) is 5.65. The minimum absolute atomic E-state index is 0.0839. The molecule has 0 fully saturated rings. The van der Waals surface area contributed by atoms with Gasteiger partial charge in [0.25, 0.3) is 0 Å². The summed E-state index contributed by atoms with van der Waals surface area (Å²) in [6.07, 6.45) is -1.48. The summed E-state index contributed by atoms with van der Waals surface area (Å²) in [4.78, 5) is 21.9. The number of aromatic nitrogens is 1. The number of hydrogen-bond donors (Lipinski definition) is 2. The molecule has 6 nitrogen and oxygen atoms in total. The van der Waals surface area contributed by atoms with Gasteiger partial charge < -0.3 is 15.6 Å². The lowest BCUT2D eigenvalue weighted by Crippen LogP contribution is -2.38. The lowest BCUT2D eigenvalue weighted by atomic mass is 9.89. The molecule has 3 N–H and O–H groups in total. The van der Waals surface area contributed by atoms with Crippen LogP contribution >= 0.6 is 11.3 Å². The van der Waals surface area contributed by atoms with Crippen LogP contribution in [0.2, 0.25) is 0 Å².